The molecule has 20 heavy (non-hydrogen) atoms. The maximum Gasteiger partial charge on any atom is 0.330 e. The fourth-order valence-corrected chi connectivity index (χ4v) is 2.89. The minimum Gasteiger partial charge on any atom is -0.300 e. The number of thioether (sulfide) groups is 1. The summed E-state index contributed by atoms with van der Waals surface area (Å²) in [6.45, 7) is 4.15. The Bertz CT molecular complexity index is 759. The van der Waals surface area contributed by atoms with E-state index in [1.807, 2.05) is 0 Å². The van der Waals surface area contributed by atoms with E-state index in [4.69, 9.17) is 0 Å². The molecule has 0 saturated heterocycles. The van der Waals surface area contributed by atoms with Crippen molar-refractivity contribution < 1.29 is 0 Å². The third-order valence-electron chi connectivity index (χ3n) is 3.49. The van der Waals surface area contributed by atoms with Crippen molar-refractivity contribution in [2.24, 2.45) is 14.1 Å². The second-order valence-corrected chi connectivity index (χ2v) is 5.96. The number of rotatable bonds is 3. The lowest BCUT2D eigenvalue weighted by Crippen LogP contribution is -2.37. The normalized spacial score (nSPS) is 10.8. The highest BCUT2D eigenvalue weighted by Gasteiger charge is 2.06. The van der Waals surface area contributed by atoms with Crippen molar-refractivity contribution in [2.75, 3.05) is 0 Å². The molecular weight excluding hydrogens is 272 g/mol. The molecule has 0 radical (unpaired) electrons. The minimum absolute atomic E-state index is 0.260. The number of hydrogen-bond donors (Lipinski definition) is 0. The topological polar surface area (TPSA) is 44.0 Å². The van der Waals surface area contributed by atoms with E-state index < -0.39 is 0 Å². The maximum atomic E-state index is 11.8. The quantitative estimate of drug-likeness (QED) is 0.812. The van der Waals surface area contributed by atoms with E-state index in [1.54, 1.807) is 18.8 Å². The average Bonchev–Trinajstić information content (AvgIpc) is 2.42. The zero-order chi connectivity index (χ0) is 14.9. The lowest BCUT2D eigenvalue weighted by molar-refractivity contribution is 0.665. The SMILES string of the molecule is Cc1ccc(SCc2cc(=O)n(C)c(=O)n2C)cc1C. The summed E-state index contributed by atoms with van der Waals surface area (Å²) in [5.41, 5.74) is 2.70. The average molecular weight is 290 g/mol. The Kier molecular flexibility index (Phi) is 4.18. The third kappa shape index (κ3) is 2.88. The largest absolute Gasteiger partial charge is 0.330 e. The molecule has 106 valence electrons. The number of benzene rings is 1. The molecule has 0 fully saturated rings. The fourth-order valence-electron chi connectivity index (χ4n) is 1.88. The Morgan fingerprint density at radius 2 is 1.70 bits per heavy atom. The van der Waals surface area contributed by atoms with Crippen LogP contribution in [-0.2, 0) is 19.8 Å². The van der Waals surface area contributed by atoms with Gasteiger partial charge in [-0.05, 0) is 37.1 Å². The van der Waals surface area contributed by atoms with Crippen molar-refractivity contribution in [3.05, 3.63) is 61.9 Å². The van der Waals surface area contributed by atoms with Gasteiger partial charge in [-0.3, -0.25) is 13.9 Å². The maximum absolute atomic E-state index is 11.8. The highest BCUT2D eigenvalue weighted by molar-refractivity contribution is 7.98. The first kappa shape index (κ1) is 14.7. The van der Waals surface area contributed by atoms with Crippen molar-refractivity contribution in [1.82, 2.24) is 9.13 Å². The van der Waals surface area contributed by atoms with Gasteiger partial charge in [0.15, 0.2) is 0 Å². The fraction of sp³-hybridized carbons (Fsp3) is 0.333. The first-order valence-electron chi connectivity index (χ1n) is 6.36. The van der Waals surface area contributed by atoms with Gasteiger partial charge in [0, 0.05) is 36.5 Å². The number of aryl methyl sites for hydroxylation is 2. The van der Waals surface area contributed by atoms with Gasteiger partial charge in [-0.2, -0.15) is 0 Å². The third-order valence-corrected chi connectivity index (χ3v) is 4.52. The molecule has 0 unspecified atom stereocenters. The van der Waals surface area contributed by atoms with E-state index in [2.05, 4.69) is 32.0 Å². The van der Waals surface area contributed by atoms with Gasteiger partial charge in [-0.25, -0.2) is 4.79 Å². The van der Waals surface area contributed by atoms with Crippen LogP contribution in [-0.4, -0.2) is 9.13 Å². The summed E-state index contributed by atoms with van der Waals surface area (Å²) in [6, 6.07) is 7.79. The molecule has 1 aromatic carbocycles. The molecule has 0 bridgehead atoms. The molecule has 0 aliphatic rings. The van der Waals surface area contributed by atoms with Crippen LogP contribution in [0.3, 0.4) is 0 Å². The molecule has 5 heteroatoms. The van der Waals surface area contributed by atoms with Gasteiger partial charge < -0.3 is 0 Å². The van der Waals surface area contributed by atoms with E-state index in [1.165, 1.54) is 28.8 Å². The van der Waals surface area contributed by atoms with E-state index in [0.717, 1.165) is 15.2 Å². The molecule has 0 spiro atoms. The molecule has 0 aliphatic carbocycles. The summed E-state index contributed by atoms with van der Waals surface area (Å²) in [5.74, 6) is 0.602. The predicted molar refractivity (Wildman–Crippen MR) is 82.4 cm³/mol. The standard InChI is InChI=1S/C15H18N2O2S/c1-10-5-6-13(7-11(10)2)20-9-12-8-14(18)17(4)15(19)16(12)3/h5-8H,9H2,1-4H3. The van der Waals surface area contributed by atoms with Gasteiger partial charge >= 0.3 is 5.69 Å². The van der Waals surface area contributed by atoms with Gasteiger partial charge in [0.2, 0.25) is 0 Å². The van der Waals surface area contributed by atoms with Gasteiger partial charge in [0.05, 0.1) is 0 Å². The predicted octanol–water partition coefficient (Wildman–Crippen LogP) is 1.99. The molecule has 1 aromatic heterocycles. The zero-order valence-electron chi connectivity index (χ0n) is 12.1. The Morgan fingerprint density at radius 1 is 1.00 bits per heavy atom. The van der Waals surface area contributed by atoms with Crippen molar-refractivity contribution in [3.63, 3.8) is 0 Å². The van der Waals surface area contributed by atoms with Crippen molar-refractivity contribution >= 4 is 11.8 Å². The van der Waals surface area contributed by atoms with Crippen LogP contribution in [0.15, 0.2) is 38.8 Å². The van der Waals surface area contributed by atoms with Crippen LogP contribution in [0.5, 0.6) is 0 Å². The van der Waals surface area contributed by atoms with Gasteiger partial charge in [0.1, 0.15) is 0 Å². The Hall–Kier alpha value is -1.75. The number of aromatic nitrogens is 2. The van der Waals surface area contributed by atoms with E-state index in [9.17, 15) is 9.59 Å². The second-order valence-electron chi connectivity index (χ2n) is 4.91. The van der Waals surface area contributed by atoms with E-state index in [-0.39, 0.29) is 11.2 Å². The first-order valence-corrected chi connectivity index (χ1v) is 7.34. The Morgan fingerprint density at radius 3 is 2.35 bits per heavy atom. The highest BCUT2D eigenvalue weighted by Crippen LogP contribution is 2.23. The number of nitrogens with zero attached hydrogens (tertiary/aromatic N) is 2. The smallest absolute Gasteiger partial charge is 0.300 e. The van der Waals surface area contributed by atoms with Crippen LogP contribution < -0.4 is 11.2 Å². The molecule has 2 aromatic rings. The molecule has 0 aliphatic heterocycles. The molecule has 2 rings (SSSR count). The van der Waals surface area contributed by atoms with E-state index >= 15 is 0 Å². The van der Waals surface area contributed by atoms with Crippen LogP contribution in [0.25, 0.3) is 0 Å². The van der Waals surface area contributed by atoms with Crippen molar-refractivity contribution in [3.8, 4) is 0 Å². The molecule has 0 saturated carbocycles. The lowest BCUT2D eigenvalue weighted by atomic mass is 10.1. The lowest BCUT2D eigenvalue weighted by Gasteiger charge is -2.10. The summed E-state index contributed by atoms with van der Waals surface area (Å²) in [4.78, 5) is 24.6. The number of hydrogen-bond acceptors (Lipinski definition) is 3. The van der Waals surface area contributed by atoms with Crippen LogP contribution >= 0.6 is 11.8 Å². The van der Waals surface area contributed by atoms with Crippen LogP contribution in [0, 0.1) is 13.8 Å². The first-order chi connectivity index (χ1) is 9.40. The van der Waals surface area contributed by atoms with E-state index in [0.29, 0.717) is 5.75 Å². The molecule has 0 N–H and O–H groups in total. The molecular formula is C15H18N2O2S. The second kappa shape index (κ2) is 5.71. The zero-order valence-corrected chi connectivity index (χ0v) is 13.0. The van der Waals surface area contributed by atoms with Crippen molar-refractivity contribution in [2.45, 2.75) is 24.5 Å². The van der Waals surface area contributed by atoms with Crippen LogP contribution in [0.1, 0.15) is 16.8 Å². The van der Waals surface area contributed by atoms with Gasteiger partial charge in [0.25, 0.3) is 5.56 Å². The van der Waals surface area contributed by atoms with Gasteiger partial charge in [-0.15, -0.1) is 11.8 Å². The monoisotopic (exact) mass is 290 g/mol. The van der Waals surface area contributed by atoms with Crippen molar-refractivity contribution in [1.29, 1.82) is 0 Å². The molecule has 1 heterocycles. The van der Waals surface area contributed by atoms with Gasteiger partial charge in [-0.1, -0.05) is 6.07 Å². The summed E-state index contributed by atoms with van der Waals surface area (Å²) in [7, 11) is 3.18. The Balaban J connectivity index is 2.25. The molecule has 0 amide bonds. The molecule has 4 nitrogen and oxygen atoms in total. The Labute approximate surface area is 122 Å². The van der Waals surface area contributed by atoms with Crippen LogP contribution in [0.2, 0.25) is 0 Å². The summed E-state index contributed by atoms with van der Waals surface area (Å²) in [5, 5.41) is 0. The highest BCUT2D eigenvalue weighted by atomic mass is 32.2. The van der Waals surface area contributed by atoms with Crippen LogP contribution in [0.4, 0.5) is 0 Å². The summed E-state index contributed by atoms with van der Waals surface area (Å²) in [6.07, 6.45) is 0. The summed E-state index contributed by atoms with van der Waals surface area (Å²) >= 11 is 1.63. The summed E-state index contributed by atoms with van der Waals surface area (Å²) < 4.78 is 2.64. The molecule has 0 atom stereocenters. The minimum atomic E-state index is -0.284.